The molecule has 0 spiro atoms. The molecule has 0 unspecified atom stereocenters. The highest BCUT2D eigenvalue weighted by atomic mass is 32.1. The molecular weight excluding hydrogens is 346 g/mol. The SMILES string of the molecule is Cc1ccc(-c2c3sc4ccc5ccccc5c4c3c(C)c[n+]2C)c(C)c1. The van der Waals surface area contributed by atoms with Gasteiger partial charge in [0.2, 0.25) is 5.69 Å². The molecule has 0 bridgehead atoms. The van der Waals surface area contributed by atoms with E-state index in [0.29, 0.717) is 0 Å². The lowest BCUT2D eigenvalue weighted by atomic mass is 9.98. The summed E-state index contributed by atoms with van der Waals surface area (Å²) in [4.78, 5) is 0. The minimum Gasteiger partial charge on any atom is -0.200 e. The van der Waals surface area contributed by atoms with Gasteiger partial charge in [0.15, 0.2) is 6.20 Å². The largest absolute Gasteiger partial charge is 0.230 e. The second kappa shape index (κ2) is 5.90. The number of hydrogen-bond acceptors (Lipinski definition) is 1. The van der Waals surface area contributed by atoms with Crippen molar-refractivity contribution in [2.75, 3.05) is 0 Å². The van der Waals surface area contributed by atoms with Gasteiger partial charge in [0.05, 0.1) is 5.56 Å². The average molecular weight is 369 g/mol. The molecule has 1 nitrogen and oxygen atoms in total. The third-order valence-electron chi connectivity index (χ3n) is 5.57. The van der Waals surface area contributed by atoms with E-state index in [4.69, 9.17) is 0 Å². The van der Waals surface area contributed by atoms with Crippen LogP contribution in [-0.2, 0) is 7.05 Å². The van der Waals surface area contributed by atoms with E-state index in [1.54, 1.807) is 0 Å². The molecule has 0 aliphatic rings. The topological polar surface area (TPSA) is 3.88 Å². The highest BCUT2D eigenvalue weighted by Gasteiger charge is 2.23. The molecule has 3 aromatic carbocycles. The number of aromatic nitrogens is 1. The third-order valence-corrected chi connectivity index (χ3v) is 6.73. The Kier molecular flexibility index (Phi) is 3.60. The zero-order valence-corrected chi connectivity index (χ0v) is 16.9. The summed E-state index contributed by atoms with van der Waals surface area (Å²) in [6.45, 7) is 6.62. The van der Waals surface area contributed by atoms with Gasteiger partial charge < -0.3 is 0 Å². The van der Waals surface area contributed by atoms with Gasteiger partial charge in [0, 0.05) is 21.0 Å². The third kappa shape index (κ3) is 2.40. The molecule has 5 aromatic rings. The Morgan fingerprint density at radius 2 is 1.63 bits per heavy atom. The van der Waals surface area contributed by atoms with Crippen LogP contribution in [0.3, 0.4) is 0 Å². The van der Waals surface area contributed by atoms with E-state index in [0.717, 1.165) is 0 Å². The summed E-state index contributed by atoms with van der Waals surface area (Å²) in [5, 5.41) is 5.47. The van der Waals surface area contributed by atoms with Gasteiger partial charge in [-0.1, -0.05) is 48.0 Å². The fourth-order valence-corrected chi connectivity index (χ4v) is 5.77. The Hall–Kier alpha value is -2.71. The first-order chi connectivity index (χ1) is 13.0. The van der Waals surface area contributed by atoms with Crippen LogP contribution < -0.4 is 4.57 Å². The van der Waals surface area contributed by atoms with Crippen LogP contribution in [0.5, 0.6) is 0 Å². The summed E-state index contributed by atoms with van der Waals surface area (Å²) in [5.41, 5.74) is 6.62. The van der Waals surface area contributed by atoms with Crippen LogP contribution in [0.15, 0.2) is 60.8 Å². The first kappa shape index (κ1) is 16.5. The summed E-state index contributed by atoms with van der Waals surface area (Å²) in [6, 6.07) is 20.0. The van der Waals surface area contributed by atoms with E-state index < -0.39 is 0 Å². The van der Waals surface area contributed by atoms with Gasteiger partial charge >= 0.3 is 0 Å². The van der Waals surface area contributed by atoms with E-state index in [-0.39, 0.29) is 0 Å². The van der Waals surface area contributed by atoms with Crippen molar-refractivity contribution in [1.29, 1.82) is 0 Å². The minimum absolute atomic E-state index is 1.31. The molecule has 2 aromatic heterocycles. The van der Waals surface area contributed by atoms with Gasteiger partial charge in [-0.05, 0) is 49.2 Å². The minimum atomic E-state index is 1.31. The lowest BCUT2D eigenvalue weighted by molar-refractivity contribution is -0.659. The number of rotatable bonds is 1. The maximum atomic E-state index is 2.30. The van der Waals surface area contributed by atoms with Crippen molar-refractivity contribution >= 4 is 42.3 Å². The van der Waals surface area contributed by atoms with E-state index in [1.165, 1.54) is 58.9 Å². The fraction of sp³-hybridized carbons (Fsp3) is 0.160. The highest BCUT2D eigenvalue weighted by Crippen LogP contribution is 2.43. The van der Waals surface area contributed by atoms with Crippen LogP contribution >= 0.6 is 11.3 Å². The van der Waals surface area contributed by atoms with Crippen LogP contribution in [-0.4, -0.2) is 0 Å². The summed E-state index contributed by atoms with van der Waals surface area (Å²) in [6.07, 6.45) is 2.28. The summed E-state index contributed by atoms with van der Waals surface area (Å²) >= 11 is 1.92. The Labute approximate surface area is 163 Å². The van der Waals surface area contributed by atoms with Crippen molar-refractivity contribution < 1.29 is 4.57 Å². The van der Waals surface area contributed by atoms with Gasteiger partial charge in [-0.2, -0.15) is 4.57 Å². The molecular formula is C25H22NS+. The highest BCUT2D eigenvalue weighted by molar-refractivity contribution is 7.26. The van der Waals surface area contributed by atoms with E-state index >= 15 is 0 Å². The van der Waals surface area contributed by atoms with Crippen LogP contribution in [0, 0.1) is 20.8 Å². The number of nitrogens with zero attached hydrogens (tertiary/aromatic N) is 1. The number of hydrogen-bond donors (Lipinski definition) is 0. The molecule has 0 saturated heterocycles. The fourth-order valence-electron chi connectivity index (χ4n) is 4.38. The average Bonchev–Trinajstić information content (AvgIpc) is 3.03. The Balaban J connectivity index is 2.00. The Bertz CT molecular complexity index is 1360. The standard InChI is InChI=1S/C25H22NS/c1-15-9-11-19(16(2)13-15)24-25-22(17(3)14-26(24)4)23-20-8-6-5-7-18(20)10-12-21(23)27-25/h5-14H,1-4H3/q+1. The summed E-state index contributed by atoms with van der Waals surface area (Å²) < 4.78 is 5.05. The molecule has 0 amide bonds. The van der Waals surface area contributed by atoms with E-state index in [9.17, 15) is 0 Å². The number of pyridine rings is 1. The van der Waals surface area contributed by atoms with Crippen LogP contribution in [0.4, 0.5) is 0 Å². The zero-order valence-electron chi connectivity index (χ0n) is 16.1. The molecule has 0 saturated carbocycles. The maximum absolute atomic E-state index is 2.30. The number of benzene rings is 3. The van der Waals surface area contributed by atoms with Crippen molar-refractivity contribution in [1.82, 2.24) is 0 Å². The second-order valence-electron chi connectivity index (χ2n) is 7.56. The molecule has 0 aliphatic carbocycles. The maximum Gasteiger partial charge on any atom is 0.230 e. The van der Waals surface area contributed by atoms with Crippen LogP contribution in [0.2, 0.25) is 0 Å². The number of aryl methyl sites for hydroxylation is 4. The summed E-state index contributed by atoms with van der Waals surface area (Å²) in [7, 11) is 2.17. The second-order valence-corrected chi connectivity index (χ2v) is 8.61. The van der Waals surface area contributed by atoms with Gasteiger partial charge in [0.25, 0.3) is 0 Å². The smallest absolute Gasteiger partial charge is 0.200 e. The predicted octanol–water partition coefficient (Wildman–Crippen LogP) is 6.62. The molecule has 27 heavy (non-hydrogen) atoms. The molecule has 0 fully saturated rings. The Morgan fingerprint density at radius 1 is 0.815 bits per heavy atom. The van der Waals surface area contributed by atoms with Crippen molar-refractivity contribution in [2.45, 2.75) is 20.8 Å². The molecule has 132 valence electrons. The van der Waals surface area contributed by atoms with Crippen molar-refractivity contribution in [2.24, 2.45) is 7.05 Å². The molecule has 0 N–H and O–H groups in total. The zero-order chi connectivity index (χ0) is 18.7. The first-order valence-corrected chi connectivity index (χ1v) is 10.2. The first-order valence-electron chi connectivity index (χ1n) is 9.35. The Morgan fingerprint density at radius 3 is 2.44 bits per heavy atom. The van der Waals surface area contributed by atoms with E-state index in [2.05, 4.69) is 93.2 Å². The lowest BCUT2D eigenvalue weighted by Gasteiger charge is -2.08. The van der Waals surface area contributed by atoms with Crippen LogP contribution in [0.1, 0.15) is 16.7 Å². The van der Waals surface area contributed by atoms with Crippen molar-refractivity contribution in [3.8, 4) is 11.3 Å². The molecule has 0 radical (unpaired) electrons. The molecule has 2 heterocycles. The van der Waals surface area contributed by atoms with Gasteiger partial charge in [-0.3, -0.25) is 0 Å². The molecule has 0 atom stereocenters. The van der Waals surface area contributed by atoms with Crippen LogP contribution in [0.25, 0.3) is 42.2 Å². The monoisotopic (exact) mass is 368 g/mol. The normalized spacial score (nSPS) is 11.7. The predicted molar refractivity (Wildman–Crippen MR) is 118 cm³/mol. The molecule has 2 heteroatoms. The van der Waals surface area contributed by atoms with Crippen molar-refractivity contribution in [3.05, 3.63) is 77.5 Å². The van der Waals surface area contributed by atoms with E-state index in [1.807, 2.05) is 11.3 Å². The lowest BCUT2D eigenvalue weighted by Crippen LogP contribution is -2.31. The number of fused-ring (bicyclic) bond motifs is 5. The van der Waals surface area contributed by atoms with Gasteiger partial charge in [-0.25, -0.2) is 0 Å². The van der Waals surface area contributed by atoms with Gasteiger partial charge in [0.1, 0.15) is 11.7 Å². The molecule has 0 aliphatic heterocycles. The molecule has 5 rings (SSSR count). The van der Waals surface area contributed by atoms with Crippen molar-refractivity contribution in [3.63, 3.8) is 0 Å². The quantitative estimate of drug-likeness (QED) is 0.293. The number of thiophene rings is 1. The van der Waals surface area contributed by atoms with Gasteiger partial charge in [-0.15, -0.1) is 11.3 Å². The summed E-state index contributed by atoms with van der Waals surface area (Å²) in [5.74, 6) is 0.